The summed E-state index contributed by atoms with van der Waals surface area (Å²) in [7, 11) is -3.82. The number of anilines is 1. The molecule has 120 valence electrons. The van der Waals surface area contributed by atoms with E-state index < -0.39 is 20.9 Å². The third-order valence-electron chi connectivity index (χ3n) is 3.45. The molecule has 0 fully saturated rings. The molecule has 2 aromatic rings. The van der Waals surface area contributed by atoms with E-state index in [0.717, 1.165) is 0 Å². The molecule has 3 heterocycles. The van der Waals surface area contributed by atoms with Crippen LogP contribution in [0.15, 0.2) is 39.6 Å². The number of hydrogen-bond donors (Lipinski definition) is 3. The zero-order valence-corrected chi connectivity index (χ0v) is 13.7. The van der Waals surface area contributed by atoms with E-state index in [2.05, 4.69) is 19.7 Å². The SMILES string of the molecule is O=c1[nH]c2ccc(NS(=O)(=O)C3C(Cl)N=C4SC=CN43)cc2[nH]1. The Labute approximate surface area is 139 Å². The zero-order chi connectivity index (χ0) is 16.2. The molecule has 0 spiro atoms. The lowest BCUT2D eigenvalue weighted by Gasteiger charge is -2.22. The zero-order valence-electron chi connectivity index (χ0n) is 11.4. The Morgan fingerprint density at radius 3 is 2.91 bits per heavy atom. The standard InChI is InChI=1S/C12H10ClN5O3S2/c13-9-10(18-3-4-22-12(18)16-9)23(20,21)17-6-1-2-7-8(5-6)15-11(19)14-7/h1-5,9-10,17H,(H2,14,15,19). The first-order valence-corrected chi connectivity index (χ1v) is 9.37. The van der Waals surface area contributed by atoms with Crippen molar-refractivity contribution in [1.82, 2.24) is 14.9 Å². The number of alkyl halides is 1. The summed E-state index contributed by atoms with van der Waals surface area (Å²) in [5, 5.41) is 1.29. The predicted octanol–water partition coefficient (Wildman–Crippen LogP) is 1.38. The molecule has 8 nitrogen and oxygen atoms in total. The maximum Gasteiger partial charge on any atom is 0.323 e. The molecular weight excluding hydrogens is 362 g/mol. The highest BCUT2D eigenvalue weighted by atomic mass is 35.5. The Morgan fingerprint density at radius 1 is 1.30 bits per heavy atom. The minimum atomic E-state index is -3.82. The molecule has 0 radical (unpaired) electrons. The van der Waals surface area contributed by atoms with Gasteiger partial charge < -0.3 is 14.9 Å². The normalized spacial score (nSPS) is 23.3. The van der Waals surface area contributed by atoms with Crippen molar-refractivity contribution in [3.8, 4) is 0 Å². The van der Waals surface area contributed by atoms with Gasteiger partial charge in [-0.15, -0.1) is 0 Å². The first kappa shape index (κ1) is 14.7. The Hall–Kier alpha value is -1.91. The monoisotopic (exact) mass is 371 g/mol. The summed E-state index contributed by atoms with van der Waals surface area (Å²) in [5.74, 6) is 0. The molecule has 0 saturated carbocycles. The van der Waals surface area contributed by atoms with Gasteiger partial charge in [0.1, 0.15) is 0 Å². The van der Waals surface area contributed by atoms with Crippen molar-refractivity contribution in [2.75, 3.05) is 4.72 Å². The summed E-state index contributed by atoms with van der Waals surface area (Å²) in [5.41, 5.74) is 0.196. The van der Waals surface area contributed by atoms with Crippen LogP contribution in [0.5, 0.6) is 0 Å². The number of amidine groups is 1. The fraction of sp³-hybridized carbons (Fsp3) is 0.167. The van der Waals surface area contributed by atoms with Crippen LogP contribution in [-0.4, -0.2) is 39.3 Å². The fourth-order valence-electron chi connectivity index (χ4n) is 2.49. The Balaban J connectivity index is 1.66. The highest BCUT2D eigenvalue weighted by Crippen LogP contribution is 2.35. The lowest BCUT2D eigenvalue weighted by atomic mass is 10.3. The number of aromatic nitrogens is 2. The summed E-state index contributed by atoms with van der Waals surface area (Å²) in [6.07, 6.45) is 1.64. The van der Waals surface area contributed by atoms with Crippen LogP contribution in [0, 0.1) is 0 Å². The van der Waals surface area contributed by atoms with Crippen molar-refractivity contribution >= 4 is 55.3 Å². The third-order valence-corrected chi connectivity index (χ3v) is 6.36. The Kier molecular flexibility index (Phi) is 3.22. The number of hydrogen-bond acceptors (Lipinski definition) is 6. The van der Waals surface area contributed by atoms with E-state index in [4.69, 9.17) is 11.6 Å². The molecule has 2 aliphatic heterocycles. The third kappa shape index (κ3) is 2.42. The molecule has 2 atom stereocenters. The number of sulfonamides is 1. The molecule has 4 rings (SSSR count). The number of aliphatic imine (C=N–C) groups is 1. The van der Waals surface area contributed by atoms with Crippen molar-refractivity contribution in [3.05, 3.63) is 40.3 Å². The topological polar surface area (TPSA) is 110 Å². The summed E-state index contributed by atoms with van der Waals surface area (Å²) >= 11 is 7.40. The molecule has 3 N–H and O–H groups in total. The van der Waals surface area contributed by atoms with E-state index in [1.54, 1.807) is 29.8 Å². The van der Waals surface area contributed by atoms with Gasteiger partial charge in [-0.3, -0.25) is 4.72 Å². The molecule has 0 amide bonds. The molecule has 0 aliphatic carbocycles. The molecule has 11 heteroatoms. The molecule has 1 aromatic carbocycles. The summed E-state index contributed by atoms with van der Waals surface area (Å²) in [6.45, 7) is 0. The number of H-pyrrole nitrogens is 2. The van der Waals surface area contributed by atoms with Gasteiger partial charge in [0.2, 0.25) is 0 Å². The van der Waals surface area contributed by atoms with Gasteiger partial charge in [-0.05, 0) is 23.6 Å². The summed E-state index contributed by atoms with van der Waals surface area (Å²) in [4.78, 5) is 22.1. The number of nitrogens with one attached hydrogen (secondary N) is 3. The van der Waals surface area contributed by atoms with Gasteiger partial charge in [0, 0.05) is 6.20 Å². The molecule has 1 aromatic heterocycles. The predicted molar refractivity (Wildman–Crippen MR) is 90.9 cm³/mol. The van der Waals surface area contributed by atoms with Crippen LogP contribution < -0.4 is 10.4 Å². The van der Waals surface area contributed by atoms with Crippen molar-refractivity contribution < 1.29 is 8.42 Å². The second-order valence-corrected chi connectivity index (χ2v) is 8.07. The van der Waals surface area contributed by atoms with Crippen molar-refractivity contribution in [2.45, 2.75) is 10.9 Å². The summed E-state index contributed by atoms with van der Waals surface area (Å²) in [6, 6.07) is 4.73. The van der Waals surface area contributed by atoms with E-state index in [-0.39, 0.29) is 5.69 Å². The first-order chi connectivity index (χ1) is 10.9. The number of thioether (sulfide) groups is 1. The second-order valence-electron chi connectivity index (χ2n) is 4.97. The maximum atomic E-state index is 12.7. The minimum absolute atomic E-state index is 0.334. The number of fused-ring (bicyclic) bond motifs is 2. The van der Waals surface area contributed by atoms with Crippen molar-refractivity contribution in [3.63, 3.8) is 0 Å². The van der Waals surface area contributed by atoms with Crippen LogP contribution in [0.3, 0.4) is 0 Å². The van der Waals surface area contributed by atoms with Gasteiger partial charge in [0.05, 0.1) is 16.7 Å². The maximum absolute atomic E-state index is 12.7. The van der Waals surface area contributed by atoms with E-state index in [9.17, 15) is 13.2 Å². The van der Waals surface area contributed by atoms with Gasteiger partial charge in [0.15, 0.2) is 16.0 Å². The number of rotatable bonds is 3. The van der Waals surface area contributed by atoms with E-state index in [1.807, 2.05) is 0 Å². The number of halogens is 1. The lowest BCUT2D eigenvalue weighted by Crippen LogP contribution is -2.42. The molecule has 2 unspecified atom stereocenters. The first-order valence-electron chi connectivity index (χ1n) is 6.51. The van der Waals surface area contributed by atoms with Crippen LogP contribution in [0.2, 0.25) is 0 Å². The van der Waals surface area contributed by atoms with Crippen molar-refractivity contribution in [1.29, 1.82) is 0 Å². The van der Waals surface area contributed by atoms with Gasteiger partial charge in [-0.1, -0.05) is 23.4 Å². The molecule has 0 bridgehead atoms. The van der Waals surface area contributed by atoms with Crippen LogP contribution in [0.25, 0.3) is 11.0 Å². The molecule has 0 saturated heterocycles. The van der Waals surface area contributed by atoms with Gasteiger partial charge in [0.25, 0.3) is 10.0 Å². The van der Waals surface area contributed by atoms with E-state index >= 15 is 0 Å². The molecule has 23 heavy (non-hydrogen) atoms. The van der Waals surface area contributed by atoms with Crippen LogP contribution in [-0.2, 0) is 10.0 Å². The highest BCUT2D eigenvalue weighted by molar-refractivity contribution is 8.16. The van der Waals surface area contributed by atoms with Crippen LogP contribution in [0.4, 0.5) is 5.69 Å². The van der Waals surface area contributed by atoms with Gasteiger partial charge in [-0.25, -0.2) is 18.2 Å². The quantitative estimate of drug-likeness (QED) is 0.557. The summed E-state index contributed by atoms with van der Waals surface area (Å²) < 4.78 is 27.8. The highest BCUT2D eigenvalue weighted by Gasteiger charge is 2.45. The van der Waals surface area contributed by atoms with Crippen LogP contribution in [0.1, 0.15) is 0 Å². The molecular formula is C12H10ClN5O3S2. The average molecular weight is 372 g/mol. The molecule has 2 aliphatic rings. The number of imidazole rings is 1. The number of aromatic amines is 2. The van der Waals surface area contributed by atoms with Gasteiger partial charge in [-0.2, -0.15) is 0 Å². The fourth-order valence-corrected chi connectivity index (χ4v) is 5.42. The van der Waals surface area contributed by atoms with Crippen LogP contribution >= 0.6 is 23.4 Å². The van der Waals surface area contributed by atoms with E-state index in [1.165, 1.54) is 16.7 Å². The smallest absolute Gasteiger partial charge is 0.306 e. The van der Waals surface area contributed by atoms with E-state index in [0.29, 0.717) is 21.9 Å². The average Bonchev–Trinajstić information content (AvgIpc) is 3.10. The lowest BCUT2D eigenvalue weighted by molar-refractivity contribution is 0.504. The number of benzene rings is 1. The second kappa shape index (κ2) is 5.05. The number of nitrogens with zero attached hydrogens (tertiary/aromatic N) is 2. The minimum Gasteiger partial charge on any atom is -0.306 e. The van der Waals surface area contributed by atoms with Crippen molar-refractivity contribution in [2.24, 2.45) is 4.99 Å². The Bertz CT molecular complexity index is 1010. The Morgan fingerprint density at radius 2 is 2.09 bits per heavy atom. The van der Waals surface area contributed by atoms with Gasteiger partial charge >= 0.3 is 5.69 Å². The largest absolute Gasteiger partial charge is 0.323 e.